The van der Waals surface area contributed by atoms with Gasteiger partial charge in [0.1, 0.15) is 6.61 Å². The van der Waals surface area contributed by atoms with Crippen molar-refractivity contribution in [2.45, 2.75) is 19.3 Å². The molecule has 0 heterocycles. The first kappa shape index (κ1) is 16.4. The summed E-state index contributed by atoms with van der Waals surface area (Å²) in [6, 6.07) is 18.4. The molecule has 1 N–H and O–H groups in total. The van der Waals surface area contributed by atoms with Crippen LogP contribution in [0.25, 0.3) is 0 Å². The largest absolute Gasteiger partial charge is 0.493 e. The predicted molar refractivity (Wildman–Crippen MR) is 90.7 cm³/mol. The number of unbranched alkanes of at least 4 members (excludes halogenated alkanes) is 1. The van der Waals surface area contributed by atoms with Gasteiger partial charge in [0.25, 0.3) is 0 Å². The Balaban J connectivity index is 1.51. The quantitative estimate of drug-likeness (QED) is 0.679. The van der Waals surface area contributed by atoms with Crippen molar-refractivity contribution in [2.24, 2.45) is 0 Å². The topological polar surface area (TPSA) is 30.5 Å². The highest BCUT2D eigenvalue weighted by molar-refractivity contribution is 5.39. The molecule has 0 spiro atoms. The van der Waals surface area contributed by atoms with E-state index in [2.05, 4.69) is 35.6 Å². The minimum absolute atomic E-state index is 0.652. The van der Waals surface area contributed by atoms with Crippen molar-refractivity contribution in [1.29, 1.82) is 0 Å². The van der Waals surface area contributed by atoms with E-state index < -0.39 is 0 Å². The van der Waals surface area contributed by atoms with Crippen LogP contribution in [0.1, 0.15) is 18.4 Å². The predicted octanol–water partition coefficient (Wildman–Crippen LogP) is 3.69. The van der Waals surface area contributed by atoms with Gasteiger partial charge in [0.2, 0.25) is 0 Å². The molecule has 2 rings (SSSR count). The molecule has 3 nitrogen and oxygen atoms in total. The molecular formula is C19H25NO2. The fraction of sp³-hybridized carbons (Fsp3) is 0.368. The van der Waals surface area contributed by atoms with Crippen molar-refractivity contribution < 1.29 is 9.47 Å². The molecule has 0 aliphatic carbocycles. The van der Waals surface area contributed by atoms with Crippen molar-refractivity contribution in [3.8, 4) is 11.5 Å². The number of nitrogens with one attached hydrogen (secondary N) is 1. The van der Waals surface area contributed by atoms with Crippen LogP contribution in [0.4, 0.5) is 0 Å². The smallest absolute Gasteiger partial charge is 0.161 e. The average molecular weight is 299 g/mol. The molecule has 3 heteroatoms. The zero-order chi connectivity index (χ0) is 15.5. The van der Waals surface area contributed by atoms with Crippen molar-refractivity contribution in [2.75, 3.05) is 26.8 Å². The fourth-order valence-corrected chi connectivity index (χ4v) is 2.32. The monoisotopic (exact) mass is 299 g/mol. The SMILES string of the molecule is COc1ccccc1OCCNCCCCc1ccccc1. The summed E-state index contributed by atoms with van der Waals surface area (Å²) in [5.41, 5.74) is 1.42. The highest BCUT2D eigenvalue weighted by Crippen LogP contribution is 2.25. The number of ether oxygens (including phenoxy) is 2. The summed E-state index contributed by atoms with van der Waals surface area (Å²) in [7, 11) is 1.66. The first-order valence-corrected chi connectivity index (χ1v) is 7.90. The molecule has 0 saturated carbocycles. The Labute approximate surface area is 133 Å². The van der Waals surface area contributed by atoms with Crippen LogP contribution < -0.4 is 14.8 Å². The Morgan fingerprint density at radius 3 is 2.32 bits per heavy atom. The zero-order valence-electron chi connectivity index (χ0n) is 13.3. The highest BCUT2D eigenvalue weighted by atomic mass is 16.5. The lowest BCUT2D eigenvalue weighted by molar-refractivity contribution is 0.292. The maximum absolute atomic E-state index is 5.72. The van der Waals surface area contributed by atoms with Gasteiger partial charge < -0.3 is 14.8 Å². The minimum atomic E-state index is 0.652. The van der Waals surface area contributed by atoms with Crippen LogP contribution >= 0.6 is 0 Å². The normalized spacial score (nSPS) is 10.4. The van der Waals surface area contributed by atoms with E-state index in [1.54, 1.807) is 7.11 Å². The Morgan fingerprint density at radius 2 is 1.55 bits per heavy atom. The molecule has 22 heavy (non-hydrogen) atoms. The molecule has 118 valence electrons. The summed E-state index contributed by atoms with van der Waals surface area (Å²) in [5.74, 6) is 1.58. The first-order valence-electron chi connectivity index (χ1n) is 7.90. The number of para-hydroxylation sites is 2. The van der Waals surface area contributed by atoms with E-state index in [1.807, 2.05) is 24.3 Å². The molecule has 0 amide bonds. The third kappa shape index (κ3) is 5.78. The van der Waals surface area contributed by atoms with E-state index >= 15 is 0 Å². The number of hydrogen-bond acceptors (Lipinski definition) is 3. The maximum Gasteiger partial charge on any atom is 0.161 e. The molecule has 2 aromatic rings. The number of hydrogen-bond donors (Lipinski definition) is 1. The molecule has 0 aromatic heterocycles. The lowest BCUT2D eigenvalue weighted by Crippen LogP contribution is -2.22. The maximum atomic E-state index is 5.72. The third-order valence-electron chi connectivity index (χ3n) is 3.52. The van der Waals surface area contributed by atoms with Gasteiger partial charge in [0.15, 0.2) is 11.5 Å². The fourth-order valence-electron chi connectivity index (χ4n) is 2.32. The summed E-state index contributed by atoms with van der Waals surface area (Å²) in [6.07, 6.45) is 3.55. The third-order valence-corrected chi connectivity index (χ3v) is 3.52. The lowest BCUT2D eigenvalue weighted by atomic mass is 10.1. The van der Waals surface area contributed by atoms with Crippen molar-refractivity contribution in [3.63, 3.8) is 0 Å². The average Bonchev–Trinajstić information content (AvgIpc) is 2.58. The minimum Gasteiger partial charge on any atom is -0.493 e. The summed E-state index contributed by atoms with van der Waals surface area (Å²) < 4.78 is 11.0. The van der Waals surface area contributed by atoms with Crippen molar-refractivity contribution >= 4 is 0 Å². The van der Waals surface area contributed by atoms with E-state index in [9.17, 15) is 0 Å². The number of methoxy groups -OCH3 is 1. The second-order valence-electron chi connectivity index (χ2n) is 5.19. The Hall–Kier alpha value is -2.00. The number of rotatable bonds is 10. The second-order valence-corrected chi connectivity index (χ2v) is 5.19. The summed E-state index contributed by atoms with van der Waals surface area (Å²) in [5, 5.41) is 3.41. The standard InChI is InChI=1S/C19H25NO2/c1-21-18-12-5-6-13-19(18)22-16-15-20-14-8-7-11-17-9-3-2-4-10-17/h2-6,9-10,12-13,20H,7-8,11,14-16H2,1H3. The first-order chi connectivity index (χ1) is 10.9. The van der Waals surface area contributed by atoms with Crippen LogP contribution in [0.2, 0.25) is 0 Å². The van der Waals surface area contributed by atoms with Crippen LogP contribution in [-0.4, -0.2) is 26.8 Å². The van der Waals surface area contributed by atoms with E-state index in [0.29, 0.717) is 6.61 Å². The van der Waals surface area contributed by atoms with E-state index in [-0.39, 0.29) is 0 Å². The Bertz CT molecular complexity index is 528. The van der Waals surface area contributed by atoms with Gasteiger partial charge in [0, 0.05) is 6.54 Å². The molecule has 0 atom stereocenters. The molecule has 0 fully saturated rings. The molecule has 0 saturated heterocycles. The van der Waals surface area contributed by atoms with Crippen LogP contribution in [0.5, 0.6) is 11.5 Å². The molecule has 0 bridgehead atoms. The van der Waals surface area contributed by atoms with Gasteiger partial charge in [-0.2, -0.15) is 0 Å². The van der Waals surface area contributed by atoms with Gasteiger partial charge in [-0.25, -0.2) is 0 Å². The van der Waals surface area contributed by atoms with Crippen LogP contribution in [0.15, 0.2) is 54.6 Å². The van der Waals surface area contributed by atoms with Gasteiger partial charge in [-0.05, 0) is 43.5 Å². The number of benzene rings is 2. The van der Waals surface area contributed by atoms with E-state index in [0.717, 1.165) is 31.0 Å². The van der Waals surface area contributed by atoms with Gasteiger partial charge in [-0.3, -0.25) is 0 Å². The van der Waals surface area contributed by atoms with E-state index in [4.69, 9.17) is 9.47 Å². The van der Waals surface area contributed by atoms with Crippen LogP contribution in [0, 0.1) is 0 Å². The molecule has 2 aromatic carbocycles. The zero-order valence-corrected chi connectivity index (χ0v) is 13.3. The molecular weight excluding hydrogens is 274 g/mol. The lowest BCUT2D eigenvalue weighted by Gasteiger charge is -2.10. The van der Waals surface area contributed by atoms with Crippen LogP contribution in [0.3, 0.4) is 0 Å². The van der Waals surface area contributed by atoms with Crippen molar-refractivity contribution in [1.82, 2.24) is 5.32 Å². The van der Waals surface area contributed by atoms with Gasteiger partial charge in [0.05, 0.1) is 7.11 Å². The van der Waals surface area contributed by atoms with E-state index in [1.165, 1.54) is 18.4 Å². The van der Waals surface area contributed by atoms with Gasteiger partial charge in [-0.15, -0.1) is 0 Å². The molecule has 0 aliphatic heterocycles. The molecule has 0 aliphatic rings. The Morgan fingerprint density at radius 1 is 0.818 bits per heavy atom. The number of aryl methyl sites for hydroxylation is 1. The molecule has 0 unspecified atom stereocenters. The second kappa shape index (κ2) is 9.85. The Kier molecular flexibility index (Phi) is 7.33. The van der Waals surface area contributed by atoms with Crippen molar-refractivity contribution in [3.05, 3.63) is 60.2 Å². The summed E-state index contributed by atoms with van der Waals surface area (Å²) >= 11 is 0. The highest BCUT2D eigenvalue weighted by Gasteiger charge is 2.01. The van der Waals surface area contributed by atoms with Gasteiger partial charge in [-0.1, -0.05) is 42.5 Å². The van der Waals surface area contributed by atoms with Crippen LogP contribution in [-0.2, 0) is 6.42 Å². The van der Waals surface area contributed by atoms with Gasteiger partial charge >= 0.3 is 0 Å². The summed E-state index contributed by atoms with van der Waals surface area (Å²) in [4.78, 5) is 0. The summed E-state index contributed by atoms with van der Waals surface area (Å²) in [6.45, 7) is 2.53. The molecule has 0 radical (unpaired) electrons.